The Labute approximate surface area is 72.6 Å². The molecule has 3 fully saturated rings. The van der Waals surface area contributed by atoms with E-state index < -0.39 is 0 Å². The van der Waals surface area contributed by atoms with Crippen LogP contribution in [0.15, 0.2) is 0 Å². The van der Waals surface area contributed by atoms with Gasteiger partial charge in [0, 0.05) is 0 Å². The average Bonchev–Trinajstić information content (AvgIpc) is 2.27. The van der Waals surface area contributed by atoms with Crippen molar-refractivity contribution in [3.8, 4) is 0 Å². The Hall–Kier alpha value is -0.0800. The SMILES string of the molecule is OC1CC2CC1CC1CC(O)C21. The van der Waals surface area contributed by atoms with E-state index in [1.165, 1.54) is 12.8 Å². The van der Waals surface area contributed by atoms with Crippen LogP contribution in [0.3, 0.4) is 0 Å². The molecule has 3 aliphatic rings. The van der Waals surface area contributed by atoms with Crippen LogP contribution < -0.4 is 0 Å². The number of hydrogen-bond acceptors (Lipinski definition) is 2. The van der Waals surface area contributed by atoms with Crippen molar-refractivity contribution in [3.63, 3.8) is 0 Å². The fraction of sp³-hybridized carbons (Fsp3) is 1.00. The third kappa shape index (κ3) is 0.775. The van der Waals surface area contributed by atoms with Gasteiger partial charge in [0.05, 0.1) is 12.2 Å². The molecule has 3 aliphatic carbocycles. The summed E-state index contributed by atoms with van der Waals surface area (Å²) in [6.07, 6.45) is 4.24. The first-order valence-electron chi connectivity index (χ1n) is 5.12. The highest BCUT2D eigenvalue weighted by atomic mass is 16.3. The number of aliphatic hydroxyl groups is 2. The second kappa shape index (κ2) is 2.24. The molecule has 0 aromatic carbocycles. The van der Waals surface area contributed by atoms with E-state index >= 15 is 0 Å². The van der Waals surface area contributed by atoms with Crippen LogP contribution in [0.25, 0.3) is 0 Å². The van der Waals surface area contributed by atoms with Crippen molar-refractivity contribution < 1.29 is 10.2 Å². The van der Waals surface area contributed by atoms with Crippen molar-refractivity contribution in [2.45, 2.75) is 37.9 Å². The van der Waals surface area contributed by atoms with Crippen LogP contribution in [0.2, 0.25) is 0 Å². The van der Waals surface area contributed by atoms with Crippen LogP contribution >= 0.6 is 0 Å². The summed E-state index contributed by atoms with van der Waals surface area (Å²) in [4.78, 5) is 0. The summed E-state index contributed by atoms with van der Waals surface area (Å²) in [6, 6.07) is 0. The predicted molar refractivity (Wildman–Crippen MR) is 44.4 cm³/mol. The topological polar surface area (TPSA) is 40.5 Å². The zero-order chi connectivity index (χ0) is 8.29. The van der Waals surface area contributed by atoms with Crippen LogP contribution in [-0.4, -0.2) is 22.4 Å². The van der Waals surface area contributed by atoms with Crippen LogP contribution in [0.4, 0.5) is 0 Å². The Morgan fingerprint density at radius 2 is 1.25 bits per heavy atom. The molecule has 0 amide bonds. The molecule has 0 aromatic rings. The molecule has 0 spiro atoms. The van der Waals surface area contributed by atoms with E-state index in [0.717, 1.165) is 18.8 Å². The summed E-state index contributed by atoms with van der Waals surface area (Å²) in [5.74, 6) is 2.52. The Morgan fingerprint density at radius 1 is 0.667 bits per heavy atom. The van der Waals surface area contributed by atoms with Gasteiger partial charge in [-0.1, -0.05) is 0 Å². The minimum Gasteiger partial charge on any atom is -0.393 e. The predicted octanol–water partition coefficient (Wildman–Crippen LogP) is 0.774. The Morgan fingerprint density at radius 3 is 1.83 bits per heavy atom. The molecule has 0 aromatic heterocycles. The highest BCUT2D eigenvalue weighted by molar-refractivity contribution is 5.03. The second-order valence-corrected chi connectivity index (χ2v) is 4.94. The summed E-state index contributed by atoms with van der Waals surface area (Å²) in [5.41, 5.74) is 0. The second-order valence-electron chi connectivity index (χ2n) is 4.94. The summed E-state index contributed by atoms with van der Waals surface area (Å²) in [7, 11) is 0. The number of rotatable bonds is 0. The molecule has 2 N–H and O–H groups in total. The molecule has 3 saturated carbocycles. The van der Waals surface area contributed by atoms with Gasteiger partial charge < -0.3 is 10.2 Å². The largest absolute Gasteiger partial charge is 0.393 e. The molecule has 6 unspecified atom stereocenters. The fourth-order valence-corrected chi connectivity index (χ4v) is 3.80. The molecule has 0 heterocycles. The molecular weight excluding hydrogens is 152 g/mol. The molecule has 68 valence electrons. The summed E-state index contributed by atoms with van der Waals surface area (Å²) in [5, 5.41) is 19.2. The van der Waals surface area contributed by atoms with Gasteiger partial charge in [0.25, 0.3) is 0 Å². The van der Waals surface area contributed by atoms with Crippen molar-refractivity contribution in [1.29, 1.82) is 0 Å². The van der Waals surface area contributed by atoms with Crippen molar-refractivity contribution in [2.75, 3.05) is 0 Å². The maximum atomic E-state index is 9.67. The monoisotopic (exact) mass is 168 g/mol. The van der Waals surface area contributed by atoms with Gasteiger partial charge in [-0.3, -0.25) is 0 Å². The van der Waals surface area contributed by atoms with E-state index in [4.69, 9.17) is 0 Å². The van der Waals surface area contributed by atoms with Crippen LogP contribution in [0.1, 0.15) is 25.7 Å². The Balaban J connectivity index is 1.83. The zero-order valence-corrected chi connectivity index (χ0v) is 7.19. The van der Waals surface area contributed by atoms with E-state index in [2.05, 4.69) is 0 Å². The van der Waals surface area contributed by atoms with Crippen molar-refractivity contribution >= 4 is 0 Å². The number of aliphatic hydroxyl groups excluding tert-OH is 2. The lowest BCUT2D eigenvalue weighted by atomic mass is 9.59. The minimum absolute atomic E-state index is 0.0359. The molecule has 0 radical (unpaired) electrons. The summed E-state index contributed by atoms with van der Waals surface area (Å²) < 4.78 is 0. The third-order valence-electron chi connectivity index (χ3n) is 4.38. The number of fused-ring (bicyclic) bond motifs is 4. The molecule has 6 atom stereocenters. The maximum absolute atomic E-state index is 9.67. The van der Waals surface area contributed by atoms with E-state index in [1.807, 2.05) is 0 Å². The van der Waals surface area contributed by atoms with E-state index in [-0.39, 0.29) is 12.2 Å². The fourth-order valence-electron chi connectivity index (χ4n) is 3.80. The minimum atomic E-state index is -0.0483. The van der Waals surface area contributed by atoms with Gasteiger partial charge in [-0.2, -0.15) is 0 Å². The summed E-state index contributed by atoms with van der Waals surface area (Å²) >= 11 is 0. The lowest BCUT2D eigenvalue weighted by Gasteiger charge is -2.48. The van der Waals surface area contributed by atoms with Gasteiger partial charge in [0.2, 0.25) is 0 Å². The van der Waals surface area contributed by atoms with E-state index in [1.54, 1.807) is 0 Å². The van der Waals surface area contributed by atoms with Crippen LogP contribution in [-0.2, 0) is 0 Å². The van der Waals surface area contributed by atoms with Crippen LogP contribution in [0.5, 0.6) is 0 Å². The molecule has 3 rings (SSSR count). The van der Waals surface area contributed by atoms with Gasteiger partial charge in [-0.05, 0) is 49.4 Å². The van der Waals surface area contributed by atoms with Gasteiger partial charge in [-0.15, -0.1) is 0 Å². The lowest BCUT2D eigenvalue weighted by molar-refractivity contribution is -0.0862. The maximum Gasteiger partial charge on any atom is 0.0576 e. The number of hydrogen-bond donors (Lipinski definition) is 2. The van der Waals surface area contributed by atoms with Crippen molar-refractivity contribution in [3.05, 3.63) is 0 Å². The molecule has 0 saturated heterocycles. The van der Waals surface area contributed by atoms with Gasteiger partial charge in [0.1, 0.15) is 0 Å². The van der Waals surface area contributed by atoms with Crippen molar-refractivity contribution in [2.24, 2.45) is 23.7 Å². The van der Waals surface area contributed by atoms with Gasteiger partial charge >= 0.3 is 0 Å². The third-order valence-corrected chi connectivity index (χ3v) is 4.38. The first-order chi connectivity index (χ1) is 5.75. The Kier molecular flexibility index (Phi) is 1.37. The van der Waals surface area contributed by atoms with E-state index in [0.29, 0.717) is 17.8 Å². The quantitative estimate of drug-likeness (QED) is 0.561. The summed E-state index contributed by atoms with van der Waals surface area (Å²) in [6.45, 7) is 0. The smallest absolute Gasteiger partial charge is 0.0576 e. The molecule has 2 heteroatoms. The normalized spacial score (nSPS) is 62.5. The molecule has 2 bridgehead atoms. The zero-order valence-electron chi connectivity index (χ0n) is 7.19. The van der Waals surface area contributed by atoms with Gasteiger partial charge in [0.15, 0.2) is 0 Å². The first kappa shape index (κ1) is 7.34. The van der Waals surface area contributed by atoms with Crippen molar-refractivity contribution in [1.82, 2.24) is 0 Å². The molecule has 0 aliphatic heterocycles. The molecular formula is C10H16O2. The van der Waals surface area contributed by atoms with E-state index in [9.17, 15) is 10.2 Å². The van der Waals surface area contributed by atoms with Crippen LogP contribution in [0, 0.1) is 23.7 Å². The van der Waals surface area contributed by atoms with Gasteiger partial charge in [-0.25, -0.2) is 0 Å². The first-order valence-corrected chi connectivity index (χ1v) is 5.12. The highest BCUT2D eigenvalue weighted by Crippen LogP contribution is 2.56. The standard InChI is InChI=1S/C10H16O2/c11-8-3-6-1-5(8)2-7-4-9(12)10(6)7/h5-12H,1-4H2. The molecule has 2 nitrogen and oxygen atoms in total. The lowest BCUT2D eigenvalue weighted by Crippen LogP contribution is -2.47. The average molecular weight is 168 g/mol. The Bertz CT molecular complexity index is 202. The molecule has 12 heavy (non-hydrogen) atoms. The highest BCUT2D eigenvalue weighted by Gasteiger charge is 2.53.